The molecule has 0 radical (unpaired) electrons. The lowest BCUT2D eigenvalue weighted by Gasteiger charge is -1.95. The second-order valence-electron chi connectivity index (χ2n) is 3.41. The summed E-state index contributed by atoms with van der Waals surface area (Å²) < 4.78 is 5.49. The maximum atomic E-state index is 5.49. The van der Waals surface area contributed by atoms with Crippen molar-refractivity contribution < 1.29 is 4.74 Å². The predicted molar refractivity (Wildman–Crippen MR) is 49.1 cm³/mol. The summed E-state index contributed by atoms with van der Waals surface area (Å²) in [4.78, 5) is 0. The number of ether oxygens (including phenoxy) is 1. The van der Waals surface area contributed by atoms with Crippen molar-refractivity contribution >= 4 is 0 Å². The highest BCUT2D eigenvalue weighted by Gasteiger charge is 2.37. The molecule has 0 amide bonds. The predicted octanol–water partition coefficient (Wildman–Crippen LogP) is 2.84. The largest absolute Gasteiger partial charge is 0.365 e. The number of epoxide rings is 1. The summed E-state index contributed by atoms with van der Waals surface area (Å²) in [5.74, 6) is 0. The Morgan fingerprint density at radius 2 is 1.92 bits per heavy atom. The average Bonchev–Trinajstić information content (AvgIpc) is 2.85. The highest BCUT2D eigenvalue weighted by Crippen LogP contribution is 2.40. The molecule has 1 nitrogen and oxygen atoms in total. The number of rotatable bonds is 2. The number of hydrogen-bond donors (Lipinski definition) is 0. The van der Waals surface area contributed by atoms with Crippen LogP contribution in [0.4, 0.5) is 0 Å². The minimum Gasteiger partial charge on any atom is -0.365 e. The Hall–Kier alpha value is -0.820. The number of aryl methyl sites for hydroxylation is 1. The van der Waals surface area contributed by atoms with Crippen LogP contribution in [0.5, 0.6) is 0 Å². The zero-order valence-electron chi connectivity index (χ0n) is 7.58. The van der Waals surface area contributed by atoms with Crippen LogP contribution in [-0.4, -0.2) is 6.10 Å². The van der Waals surface area contributed by atoms with Crippen LogP contribution in [-0.2, 0) is 4.74 Å². The zero-order chi connectivity index (χ0) is 8.55. The van der Waals surface area contributed by atoms with Gasteiger partial charge in [-0.1, -0.05) is 36.8 Å². The van der Waals surface area contributed by atoms with Gasteiger partial charge in [-0.15, -0.1) is 0 Å². The molecular formula is C11H14O. The molecule has 1 aromatic rings. The van der Waals surface area contributed by atoms with Gasteiger partial charge in [-0.25, -0.2) is 0 Å². The van der Waals surface area contributed by atoms with Crippen LogP contribution >= 0.6 is 0 Å². The first-order valence-electron chi connectivity index (χ1n) is 4.53. The molecule has 0 N–H and O–H groups in total. The molecule has 2 unspecified atom stereocenters. The van der Waals surface area contributed by atoms with Crippen molar-refractivity contribution in [1.82, 2.24) is 0 Å². The summed E-state index contributed by atoms with van der Waals surface area (Å²) in [7, 11) is 0. The van der Waals surface area contributed by atoms with Gasteiger partial charge < -0.3 is 4.74 Å². The molecule has 1 aromatic carbocycles. The summed E-state index contributed by atoms with van der Waals surface area (Å²) in [5.41, 5.74) is 2.64. The first-order chi connectivity index (χ1) is 5.81. The van der Waals surface area contributed by atoms with E-state index in [1.54, 1.807) is 0 Å². The van der Waals surface area contributed by atoms with Gasteiger partial charge in [0, 0.05) is 0 Å². The summed E-state index contributed by atoms with van der Waals surface area (Å²) in [5, 5.41) is 0. The second-order valence-corrected chi connectivity index (χ2v) is 3.41. The summed E-state index contributed by atoms with van der Waals surface area (Å²) in [6.07, 6.45) is 1.99. The van der Waals surface area contributed by atoms with E-state index in [1.165, 1.54) is 11.1 Å². The molecule has 2 rings (SSSR count). The van der Waals surface area contributed by atoms with Crippen molar-refractivity contribution in [2.45, 2.75) is 32.5 Å². The van der Waals surface area contributed by atoms with E-state index in [-0.39, 0.29) is 0 Å². The minimum absolute atomic E-state index is 0.385. The Bertz CT molecular complexity index is 263. The quantitative estimate of drug-likeness (QED) is 0.609. The van der Waals surface area contributed by atoms with Gasteiger partial charge >= 0.3 is 0 Å². The Kier molecular flexibility index (Phi) is 1.89. The normalized spacial score (nSPS) is 27.2. The Balaban J connectivity index is 2.10. The SMILES string of the molecule is CCC1OC1c1ccc(C)cc1. The Labute approximate surface area is 73.4 Å². The second kappa shape index (κ2) is 2.91. The van der Waals surface area contributed by atoms with E-state index < -0.39 is 0 Å². The fourth-order valence-electron chi connectivity index (χ4n) is 1.50. The van der Waals surface area contributed by atoms with Crippen LogP contribution < -0.4 is 0 Å². The number of benzene rings is 1. The van der Waals surface area contributed by atoms with Crippen molar-refractivity contribution in [3.05, 3.63) is 35.4 Å². The third-order valence-corrected chi connectivity index (χ3v) is 2.39. The lowest BCUT2D eigenvalue weighted by Crippen LogP contribution is -1.85. The van der Waals surface area contributed by atoms with E-state index in [9.17, 15) is 0 Å². The molecule has 0 aromatic heterocycles. The maximum Gasteiger partial charge on any atom is 0.109 e. The molecule has 1 saturated heterocycles. The van der Waals surface area contributed by atoms with Crippen LogP contribution in [0.1, 0.15) is 30.6 Å². The van der Waals surface area contributed by atoms with Gasteiger partial charge in [0.15, 0.2) is 0 Å². The third kappa shape index (κ3) is 1.37. The molecule has 12 heavy (non-hydrogen) atoms. The monoisotopic (exact) mass is 162 g/mol. The van der Waals surface area contributed by atoms with Gasteiger partial charge in [0.25, 0.3) is 0 Å². The molecule has 0 bridgehead atoms. The lowest BCUT2D eigenvalue weighted by atomic mass is 10.1. The van der Waals surface area contributed by atoms with Crippen molar-refractivity contribution in [3.63, 3.8) is 0 Å². The van der Waals surface area contributed by atoms with Crippen molar-refractivity contribution in [2.75, 3.05) is 0 Å². The van der Waals surface area contributed by atoms with Crippen molar-refractivity contribution in [2.24, 2.45) is 0 Å². The van der Waals surface area contributed by atoms with Gasteiger partial charge in [0.1, 0.15) is 6.10 Å². The summed E-state index contributed by atoms with van der Waals surface area (Å²) >= 11 is 0. The van der Waals surface area contributed by atoms with Crippen LogP contribution in [0, 0.1) is 6.92 Å². The van der Waals surface area contributed by atoms with E-state index in [0.29, 0.717) is 12.2 Å². The van der Waals surface area contributed by atoms with Crippen LogP contribution in [0.3, 0.4) is 0 Å². The molecule has 1 fully saturated rings. The van der Waals surface area contributed by atoms with E-state index in [1.807, 2.05) is 0 Å². The first-order valence-corrected chi connectivity index (χ1v) is 4.53. The third-order valence-electron chi connectivity index (χ3n) is 2.39. The number of hydrogen-bond acceptors (Lipinski definition) is 1. The van der Waals surface area contributed by atoms with Gasteiger partial charge in [-0.3, -0.25) is 0 Å². The van der Waals surface area contributed by atoms with E-state index >= 15 is 0 Å². The van der Waals surface area contributed by atoms with Gasteiger partial charge in [-0.2, -0.15) is 0 Å². The van der Waals surface area contributed by atoms with Gasteiger partial charge in [0.2, 0.25) is 0 Å². The topological polar surface area (TPSA) is 12.5 Å². The zero-order valence-corrected chi connectivity index (χ0v) is 7.58. The van der Waals surface area contributed by atoms with Crippen molar-refractivity contribution in [1.29, 1.82) is 0 Å². The van der Waals surface area contributed by atoms with Crippen LogP contribution in [0.25, 0.3) is 0 Å². The molecule has 2 atom stereocenters. The molecule has 1 aliphatic heterocycles. The Morgan fingerprint density at radius 3 is 2.42 bits per heavy atom. The molecule has 0 spiro atoms. The highest BCUT2D eigenvalue weighted by atomic mass is 16.6. The molecule has 64 valence electrons. The average molecular weight is 162 g/mol. The summed E-state index contributed by atoms with van der Waals surface area (Å²) in [6.45, 7) is 4.27. The van der Waals surface area contributed by atoms with Crippen molar-refractivity contribution in [3.8, 4) is 0 Å². The van der Waals surface area contributed by atoms with Crippen LogP contribution in [0.15, 0.2) is 24.3 Å². The van der Waals surface area contributed by atoms with E-state index in [2.05, 4.69) is 38.1 Å². The molecular weight excluding hydrogens is 148 g/mol. The highest BCUT2D eigenvalue weighted by molar-refractivity contribution is 5.26. The molecule has 1 heteroatoms. The van der Waals surface area contributed by atoms with Crippen LogP contribution in [0.2, 0.25) is 0 Å². The fraction of sp³-hybridized carbons (Fsp3) is 0.455. The molecule has 0 aliphatic carbocycles. The maximum absolute atomic E-state index is 5.49. The standard InChI is InChI=1S/C11H14O/c1-3-10-11(12-10)9-6-4-8(2)5-7-9/h4-7,10-11H,3H2,1-2H3. The lowest BCUT2D eigenvalue weighted by molar-refractivity contribution is 0.370. The first kappa shape index (κ1) is 7.81. The summed E-state index contributed by atoms with van der Waals surface area (Å²) in [6, 6.07) is 8.61. The smallest absolute Gasteiger partial charge is 0.109 e. The fourth-order valence-corrected chi connectivity index (χ4v) is 1.50. The van der Waals surface area contributed by atoms with Gasteiger partial charge in [-0.05, 0) is 18.9 Å². The Morgan fingerprint density at radius 1 is 1.25 bits per heavy atom. The molecule has 1 heterocycles. The molecule has 1 aliphatic rings. The van der Waals surface area contributed by atoms with E-state index in [0.717, 1.165) is 6.42 Å². The van der Waals surface area contributed by atoms with E-state index in [4.69, 9.17) is 4.74 Å². The minimum atomic E-state index is 0.385. The van der Waals surface area contributed by atoms with Gasteiger partial charge in [0.05, 0.1) is 6.10 Å². The molecule has 0 saturated carbocycles.